The van der Waals surface area contributed by atoms with Crippen LogP contribution in [-0.4, -0.2) is 54.1 Å². The Hall–Kier alpha value is -2.69. The minimum Gasteiger partial charge on any atom is -0.487 e. The fraction of sp³-hybridized carbons (Fsp3) is 0.286. The van der Waals surface area contributed by atoms with Crippen LogP contribution in [0.2, 0.25) is 5.02 Å². The Morgan fingerprint density at radius 2 is 2.09 bits per heavy atom. The average molecular weight is 526 g/mol. The minimum atomic E-state index is -0.606. The van der Waals surface area contributed by atoms with Crippen molar-refractivity contribution in [3.05, 3.63) is 45.9 Å². The molecule has 0 spiro atoms. The molecule has 3 rings (SSSR count). The summed E-state index contributed by atoms with van der Waals surface area (Å²) in [5.74, 6) is 0.0930. The van der Waals surface area contributed by atoms with Crippen molar-refractivity contribution in [1.82, 2.24) is 20.2 Å². The molecule has 8 nitrogen and oxygen atoms in total. The van der Waals surface area contributed by atoms with E-state index in [2.05, 4.69) is 36.5 Å². The molecule has 0 saturated carbocycles. The molecule has 32 heavy (non-hydrogen) atoms. The molecule has 1 unspecified atom stereocenters. The quantitative estimate of drug-likeness (QED) is 0.302. The van der Waals surface area contributed by atoms with E-state index in [0.717, 1.165) is 0 Å². The minimum absolute atomic E-state index is 0.0322. The summed E-state index contributed by atoms with van der Waals surface area (Å²) in [7, 11) is 3.64. The first kappa shape index (κ1) is 24.0. The van der Waals surface area contributed by atoms with Crippen LogP contribution in [-0.2, 0) is 4.79 Å². The molecule has 0 saturated heterocycles. The highest BCUT2D eigenvalue weighted by Crippen LogP contribution is 2.35. The molecule has 1 heterocycles. The molecule has 0 bridgehead atoms. The van der Waals surface area contributed by atoms with E-state index in [4.69, 9.17) is 22.1 Å². The second-order valence-corrected chi connectivity index (χ2v) is 8.68. The van der Waals surface area contributed by atoms with E-state index in [-0.39, 0.29) is 22.7 Å². The van der Waals surface area contributed by atoms with Crippen molar-refractivity contribution in [3.8, 4) is 5.75 Å². The van der Waals surface area contributed by atoms with Crippen molar-refractivity contribution >= 4 is 61.5 Å². The van der Waals surface area contributed by atoms with Gasteiger partial charge >= 0.3 is 0 Å². The van der Waals surface area contributed by atoms with Crippen LogP contribution < -0.4 is 21.1 Å². The molecule has 1 atom stereocenters. The summed E-state index contributed by atoms with van der Waals surface area (Å²) in [4.78, 5) is 22.1. The third kappa shape index (κ3) is 5.76. The number of ether oxygens (including phenoxy) is 1. The van der Waals surface area contributed by atoms with E-state index < -0.39 is 5.82 Å². The van der Waals surface area contributed by atoms with Gasteiger partial charge in [0.2, 0.25) is 5.91 Å². The summed E-state index contributed by atoms with van der Waals surface area (Å²) in [6.07, 6.45) is 1.03. The van der Waals surface area contributed by atoms with Crippen molar-refractivity contribution in [1.29, 1.82) is 0 Å². The van der Waals surface area contributed by atoms with Crippen LogP contribution >= 0.6 is 27.5 Å². The summed E-state index contributed by atoms with van der Waals surface area (Å²) < 4.78 is 20.8. The molecule has 1 amide bonds. The van der Waals surface area contributed by atoms with Gasteiger partial charge in [-0.05, 0) is 55.1 Å². The lowest BCUT2D eigenvalue weighted by atomic mass is 10.2. The predicted molar refractivity (Wildman–Crippen MR) is 128 cm³/mol. The molecular weight excluding hydrogens is 503 g/mol. The van der Waals surface area contributed by atoms with Crippen LogP contribution in [0.25, 0.3) is 10.9 Å². The maximum Gasteiger partial charge on any atom is 0.234 e. The summed E-state index contributed by atoms with van der Waals surface area (Å²) in [5.41, 5.74) is 7.27. The van der Waals surface area contributed by atoms with Crippen LogP contribution in [0, 0.1) is 5.82 Å². The average Bonchev–Trinajstić information content (AvgIpc) is 2.73. The Kier molecular flexibility index (Phi) is 7.70. The number of hydrogen-bond acceptors (Lipinski definition) is 7. The highest BCUT2D eigenvalue weighted by atomic mass is 79.9. The fourth-order valence-electron chi connectivity index (χ4n) is 2.91. The van der Waals surface area contributed by atoms with Crippen LogP contribution in [0.3, 0.4) is 0 Å². The number of halogens is 3. The number of benzene rings is 2. The van der Waals surface area contributed by atoms with Gasteiger partial charge in [-0.15, -0.1) is 0 Å². The summed E-state index contributed by atoms with van der Waals surface area (Å²) in [6, 6.07) is 6.52. The third-order valence-corrected chi connectivity index (χ3v) is 5.69. The number of nitrogens with two attached hydrogens (primary N) is 1. The number of anilines is 3. The number of nitrogens with zero attached hydrogens (tertiary/aromatic N) is 3. The molecule has 1 aromatic heterocycles. The van der Waals surface area contributed by atoms with Gasteiger partial charge in [0.25, 0.3) is 0 Å². The topological polar surface area (TPSA) is 105 Å². The first-order chi connectivity index (χ1) is 15.2. The van der Waals surface area contributed by atoms with Crippen molar-refractivity contribution in [2.75, 3.05) is 38.2 Å². The number of amides is 1. The van der Waals surface area contributed by atoms with Crippen LogP contribution in [0.5, 0.6) is 5.75 Å². The van der Waals surface area contributed by atoms with Crippen LogP contribution in [0.15, 0.2) is 35.1 Å². The molecule has 2 aromatic carbocycles. The van der Waals surface area contributed by atoms with Gasteiger partial charge in [-0.25, -0.2) is 14.4 Å². The van der Waals surface area contributed by atoms with E-state index >= 15 is 0 Å². The number of nitrogens with one attached hydrogen (secondary N) is 2. The Labute approximate surface area is 198 Å². The smallest absolute Gasteiger partial charge is 0.234 e. The summed E-state index contributed by atoms with van der Waals surface area (Å²) in [6.45, 7) is 2.44. The van der Waals surface area contributed by atoms with Crippen molar-refractivity contribution in [2.24, 2.45) is 0 Å². The second kappa shape index (κ2) is 10.3. The van der Waals surface area contributed by atoms with E-state index in [1.165, 1.54) is 6.33 Å². The molecule has 0 fully saturated rings. The molecule has 0 aliphatic rings. The first-order valence-corrected chi connectivity index (χ1v) is 10.9. The molecule has 170 valence electrons. The summed E-state index contributed by atoms with van der Waals surface area (Å²) >= 11 is 9.16. The van der Waals surface area contributed by atoms with Crippen LogP contribution in [0.1, 0.15) is 6.92 Å². The molecule has 0 aliphatic carbocycles. The van der Waals surface area contributed by atoms with Crippen LogP contribution in [0.4, 0.5) is 21.6 Å². The van der Waals surface area contributed by atoms with E-state index in [0.29, 0.717) is 45.7 Å². The Bertz CT molecular complexity index is 1150. The third-order valence-electron chi connectivity index (χ3n) is 4.43. The number of carbonyl (C=O) groups excluding carboxylic acids is 1. The van der Waals surface area contributed by atoms with Gasteiger partial charge in [0.05, 0.1) is 35.0 Å². The van der Waals surface area contributed by atoms with E-state index in [1.54, 1.807) is 29.2 Å². The van der Waals surface area contributed by atoms with Gasteiger partial charge in [0, 0.05) is 15.9 Å². The van der Waals surface area contributed by atoms with Gasteiger partial charge in [-0.1, -0.05) is 11.6 Å². The lowest BCUT2D eigenvalue weighted by molar-refractivity contribution is -0.122. The van der Waals surface area contributed by atoms with Crippen molar-refractivity contribution in [2.45, 2.75) is 13.0 Å². The Morgan fingerprint density at radius 3 is 2.81 bits per heavy atom. The SMILES string of the molecule is CC(CNC(=O)CN(C)C)Oc1cc2ncnc(Nc3ccc(Br)c(Cl)c3F)c2cc1N. The van der Waals surface area contributed by atoms with Gasteiger partial charge in [-0.3, -0.25) is 4.79 Å². The zero-order valence-corrected chi connectivity index (χ0v) is 20.1. The first-order valence-electron chi connectivity index (χ1n) is 9.68. The maximum atomic E-state index is 14.5. The molecule has 0 radical (unpaired) electrons. The zero-order chi connectivity index (χ0) is 23.4. The highest BCUT2D eigenvalue weighted by molar-refractivity contribution is 9.10. The Morgan fingerprint density at radius 1 is 1.34 bits per heavy atom. The number of carbonyl (C=O) groups is 1. The fourth-order valence-corrected chi connectivity index (χ4v) is 3.38. The number of hydrogen-bond donors (Lipinski definition) is 3. The number of likely N-dealkylation sites (N-methyl/N-ethyl adjacent to an activating group) is 1. The predicted octanol–water partition coefficient (Wildman–Crippen LogP) is 3.96. The van der Waals surface area contributed by atoms with Crippen molar-refractivity contribution in [3.63, 3.8) is 0 Å². The lowest BCUT2D eigenvalue weighted by Gasteiger charge is -2.18. The zero-order valence-electron chi connectivity index (χ0n) is 17.7. The van der Waals surface area contributed by atoms with E-state index in [9.17, 15) is 9.18 Å². The normalized spacial score (nSPS) is 12.1. The highest BCUT2D eigenvalue weighted by Gasteiger charge is 2.15. The molecule has 11 heteroatoms. The maximum absolute atomic E-state index is 14.5. The number of rotatable bonds is 8. The molecule has 4 N–H and O–H groups in total. The molecular formula is C21H23BrClFN6O2. The van der Waals surface area contributed by atoms with Gasteiger partial charge in [0.15, 0.2) is 5.82 Å². The second-order valence-electron chi connectivity index (χ2n) is 7.45. The van der Waals surface area contributed by atoms with Gasteiger partial charge < -0.3 is 26.0 Å². The number of aromatic nitrogens is 2. The number of fused-ring (bicyclic) bond motifs is 1. The monoisotopic (exact) mass is 524 g/mol. The van der Waals surface area contributed by atoms with Gasteiger partial charge in [0.1, 0.15) is 24.0 Å². The number of nitrogen functional groups attached to an aromatic ring is 1. The van der Waals surface area contributed by atoms with E-state index in [1.807, 2.05) is 21.0 Å². The molecule has 0 aliphatic heterocycles. The summed E-state index contributed by atoms with van der Waals surface area (Å²) in [5, 5.41) is 6.30. The van der Waals surface area contributed by atoms with Crippen molar-refractivity contribution < 1.29 is 13.9 Å². The Balaban J connectivity index is 1.79. The molecule has 3 aromatic rings. The lowest BCUT2D eigenvalue weighted by Crippen LogP contribution is -2.38. The largest absolute Gasteiger partial charge is 0.487 e. The van der Waals surface area contributed by atoms with Gasteiger partial charge in [-0.2, -0.15) is 0 Å². The standard InChI is InChI=1S/C21H23BrClFN6O2/c1-11(8-26-18(31)9-30(2)3)32-17-7-16-12(6-14(17)25)21(28-10-27-16)29-15-5-4-13(22)19(23)20(15)24/h4-7,10-11H,8-9,25H2,1-3H3,(H,26,31)(H,27,28,29).